The Morgan fingerprint density at radius 3 is 2.50 bits per heavy atom. The van der Waals surface area contributed by atoms with Gasteiger partial charge in [-0.05, 0) is 37.0 Å². The summed E-state index contributed by atoms with van der Waals surface area (Å²) in [5, 5.41) is 0. The molecule has 2 N–H and O–H groups in total. The van der Waals surface area contributed by atoms with E-state index in [1.165, 1.54) is 12.1 Å². The molecule has 1 aliphatic rings. The van der Waals surface area contributed by atoms with Crippen molar-refractivity contribution in [3.05, 3.63) is 29.3 Å². The van der Waals surface area contributed by atoms with Crippen LogP contribution in [0.15, 0.2) is 18.2 Å². The third kappa shape index (κ3) is 3.45. The normalized spacial score (nSPS) is 15.4. The van der Waals surface area contributed by atoms with E-state index in [1.807, 2.05) is 0 Å². The highest BCUT2D eigenvalue weighted by atomic mass is 19.4. The Morgan fingerprint density at radius 2 is 2.00 bits per heavy atom. The summed E-state index contributed by atoms with van der Waals surface area (Å²) >= 11 is 0. The fourth-order valence-corrected chi connectivity index (χ4v) is 2.42. The summed E-state index contributed by atoms with van der Waals surface area (Å²) in [4.78, 5) is 2.11. The minimum absolute atomic E-state index is 0.0898. The predicted molar refractivity (Wildman–Crippen MR) is 74.6 cm³/mol. The first kappa shape index (κ1) is 15.2. The lowest BCUT2D eigenvalue weighted by atomic mass is 10.1. The molecule has 0 aliphatic heterocycles. The summed E-state index contributed by atoms with van der Waals surface area (Å²) in [6, 6.07) is 4.95. The third-order valence-electron chi connectivity index (χ3n) is 3.69. The van der Waals surface area contributed by atoms with Crippen LogP contribution in [0.5, 0.6) is 0 Å². The monoisotopic (exact) mass is 286 g/mol. The van der Waals surface area contributed by atoms with E-state index in [1.54, 1.807) is 6.07 Å². The smallest absolute Gasteiger partial charge is 0.369 e. The molecule has 1 saturated carbocycles. The van der Waals surface area contributed by atoms with Gasteiger partial charge in [0.25, 0.3) is 0 Å². The van der Waals surface area contributed by atoms with Gasteiger partial charge in [0, 0.05) is 24.8 Å². The fraction of sp³-hybridized carbons (Fsp3) is 0.600. The fourth-order valence-electron chi connectivity index (χ4n) is 2.42. The van der Waals surface area contributed by atoms with Gasteiger partial charge in [-0.3, -0.25) is 0 Å². The van der Waals surface area contributed by atoms with Crippen LogP contribution in [0, 0.1) is 0 Å². The Kier molecular flexibility index (Phi) is 4.58. The molecule has 1 aromatic carbocycles. The maximum Gasteiger partial charge on any atom is 0.416 e. The predicted octanol–water partition coefficient (Wildman–Crippen LogP) is 3.93. The molecule has 0 unspecified atom stereocenters. The summed E-state index contributed by atoms with van der Waals surface area (Å²) in [6.07, 6.45) is -0.162. The number of anilines is 1. The molecule has 20 heavy (non-hydrogen) atoms. The van der Waals surface area contributed by atoms with Gasteiger partial charge < -0.3 is 10.6 Å². The zero-order valence-corrected chi connectivity index (χ0v) is 11.7. The van der Waals surface area contributed by atoms with Crippen LogP contribution in [0.2, 0.25) is 0 Å². The van der Waals surface area contributed by atoms with Crippen molar-refractivity contribution in [2.24, 2.45) is 5.73 Å². The summed E-state index contributed by atoms with van der Waals surface area (Å²) in [6.45, 7) is 2.82. The van der Waals surface area contributed by atoms with Crippen molar-refractivity contribution in [1.82, 2.24) is 0 Å². The molecule has 0 radical (unpaired) electrons. The van der Waals surface area contributed by atoms with Crippen LogP contribution in [-0.4, -0.2) is 12.6 Å². The molecule has 0 spiro atoms. The molecule has 2 rings (SSSR count). The second-order valence-corrected chi connectivity index (χ2v) is 5.32. The van der Waals surface area contributed by atoms with E-state index in [9.17, 15) is 13.2 Å². The van der Waals surface area contributed by atoms with Gasteiger partial charge in [-0.15, -0.1) is 0 Å². The SMILES string of the molecule is CCCCN(c1ccc(CN)c(C(F)(F)F)c1)C1CC1. The molecule has 0 atom stereocenters. The quantitative estimate of drug-likeness (QED) is 0.858. The zero-order chi connectivity index (χ0) is 14.8. The average molecular weight is 286 g/mol. The minimum Gasteiger partial charge on any atom is -0.369 e. The first-order valence-electron chi connectivity index (χ1n) is 7.14. The first-order chi connectivity index (χ1) is 9.47. The maximum absolute atomic E-state index is 13.1. The van der Waals surface area contributed by atoms with Gasteiger partial charge in [0.2, 0.25) is 0 Å². The lowest BCUT2D eigenvalue weighted by Gasteiger charge is -2.26. The van der Waals surface area contributed by atoms with Crippen molar-refractivity contribution in [2.75, 3.05) is 11.4 Å². The number of alkyl halides is 3. The largest absolute Gasteiger partial charge is 0.416 e. The Balaban J connectivity index is 2.30. The number of nitrogens with two attached hydrogens (primary N) is 1. The Labute approximate surface area is 117 Å². The van der Waals surface area contributed by atoms with Crippen LogP contribution in [0.4, 0.5) is 18.9 Å². The van der Waals surface area contributed by atoms with E-state index in [-0.39, 0.29) is 12.1 Å². The van der Waals surface area contributed by atoms with E-state index in [4.69, 9.17) is 5.73 Å². The topological polar surface area (TPSA) is 29.3 Å². The van der Waals surface area contributed by atoms with E-state index in [2.05, 4.69) is 11.8 Å². The second kappa shape index (κ2) is 6.04. The molecule has 1 aliphatic carbocycles. The van der Waals surface area contributed by atoms with Crippen molar-refractivity contribution >= 4 is 5.69 Å². The molecular weight excluding hydrogens is 265 g/mol. The molecule has 0 amide bonds. The molecule has 1 aromatic rings. The molecule has 0 saturated heterocycles. The highest BCUT2D eigenvalue weighted by molar-refractivity contribution is 5.53. The highest BCUT2D eigenvalue weighted by Crippen LogP contribution is 2.37. The second-order valence-electron chi connectivity index (χ2n) is 5.32. The van der Waals surface area contributed by atoms with Crippen molar-refractivity contribution in [1.29, 1.82) is 0 Å². The van der Waals surface area contributed by atoms with E-state index < -0.39 is 11.7 Å². The molecule has 0 bridgehead atoms. The Morgan fingerprint density at radius 1 is 1.30 bits per heavy atom. The van der Waals surface area contributed by atoms with Crippen molar-refractivity contribution in [3.63, 3.8) is 0 Å². The number of benzene rings is 1. The minimum atomic E-state index is -4.34. The highest BCUT2D eigenvalue weighted by Gasteiger charge is 2.35. The molecule has 5 heteroatoms. The summed E-state index contributed by atoms with van der Waals surface area (Å²) in [5.41, 5.74) is 5.65. The number of nitrogens with zero attached hydrogens (tertiary/aromatic N) is 1. The molecular formula is C15H21F3N2. The van der Waals surface area contributed by atoms with E-state index >= 15 is 0 Å². The van der Waals surface area contributed by atoms with Crippen LogP contribution < -0.4 is 10.6 Å². The number of hydrogen-bond donors (Lipinski definition) is 1. The van der Waals surface area contributed by atoms with Crippen LogP contribution >= 0.6 is 0 Å². The number of halogens is 3. The molecule has 2 nitrogen and oxygen atoms in total. The van der Waals surface area contributed by atoms with Gasteiger partial charge in [-0.25, -0.2) is 0 Å². The Hall–Kier alpha value is -1.23. The number of unbranched alkanes of at least 4 members (excludes halogenated alkanes) is 1. The van der Waals surface area contributed by atoms with Crippen LogP contribution in [0.3, 0.4) is 0 Å². The maximum atomic E-state index is 13.1. The van der Waals surface area contributed by atoms with Gasteiger partial charge in [-0.1, -0.05) is 19.4 Å². The summed E-state index contributed by atoms with van der Waals surface area (Å²) < 4.78 is 39.2. The average Bonchev–Trinajstić information content (AvgIpc) is 3.22. The lowest BCUT2D eigenvalue weighted by molar-refractivity contribution is -0.138. The molecule has 112 valence electrons. The van der Waals surface area contributed by atoms with Crippen LogP contribution in [0.25, 0.3) is 0 Å². The van der Waals surface area contributed by atoms with E-state index in [0.717, 1.165) is 32.2 Å². The van der Waals surface area contributed by atoms with E-state index in [0.29, 0.717) is 11.7 Å². The molecule has 0 heterocycles. The molecule has 1 fully saturated rings. The standard InChI is InChI=1S/C15H21F3N2/c1-2-3-8-20(12-6-7-12)13-5-4-11(10-19)14(9-13)15(16,17)18/h4-5,9,12H,2-3,6-8,10,19H2,1H3. The van der Waals surface area contributed by atoms with Gasteiger partial charge in [-0.2, -0.15) is 13.2 Å². The Bertz CT molecular complexity index is 453. The van der Waals surface area contributed by atoms with Crippen molar-refractivity contribution < 1.29 is 13.2 Å². The number of hydrogen-bond acceptors (Lipinski definition) is 2. The van der Waals surface area contributed by atoms with Crippen LogP contribution in [-0.2, 0) is 12.7 Å². The lowest BCUT2D eigenvalue weighted by Crippen LogP contribution is -2.27. The van der Waals surface area contributed by atoms with Gasteiger partial charge in [0.15, 0.2) is 0 Å². The van der Waals surface area contributed by atoms with Gasteiger partial charge in [0.1, 0.15) is 0 Å². The van der Waals surface area contributed by atoms with Gasteiger partial charge in [0.05, 0.1) is 5.56 Å². The van der Waals surface area contributed by atoms with Crippen LogP contribution in [0.1, 0.15) is 43.7 Å². The third-order valence-corrected chi connectivity index (χ3v) is 3.69. The van der Waals surface area contributed by atoms with Gasteiger partial charge >= 0.3 is 6.18 Å². The van der Waals surface area contributed by atoms with Crippen molar-refractivity contribution in [2.45, 2.75) is 51.4 Å². The number of rotatable bonds is 6. The zero-order valence-electron chi connectivity index (χ0n) is 11.7. The van der Waals surface area contributed by atoms with Crippen molar-refractivity contribution in [3.8, 4) is 0 Å². The first-order valence-corrected chi connectivity index (χ1v) is 7.14. The molecule has 0 aromatic heterocycles. The summed E-state index contributed by atoms with van der Waals surface area (Å²) in [5.74, 6) is 0. The summed E-state index contributed by atoms with van der Waals surface area (Å²) in [7, 11) is 0.